The lowest BCUT2D eigenvalue weighted by molar-refractivity contribution is -0.144. The maximum atomic E-state index is 13.6. The highest BCUT2D eigenvalue weighted by molar-refractivity contribution is 5.18. The first-order valence-corrected chi connectivity index (χ1v) is 6.82. The molecule has 2 saturated heterocycles. The highest BCUT2D eigenvalue weighted by Gasteiger charge is 2.52. The van der Waals surface area contributed by atoms with E-state index in [-0.39, 0.29) is 11.4 Å². The molecule has 2 fully saturated rings. The molecule has 19 heavy (non-hydrogen) atoms. The monoisotopic (exact) mass is 265 g/mol. The number of methoxy groups -OCH3 is 1. The van der Waals surface area contributed by atoms with E-state index in [1.54, 1.807) is 13.2 Å². The molecular formula is C15H20FNO2. The van der Waals surface area contributed by atoms with E-state index in [1.807, 2.05) is 12.1 Å². The number of benzene rings is 1. The van der Waals surface area contributed by atoms with Crippen LogP contribution in [0.3, 0.4) is 0 Å². The smallest absolute Gasteiger partial charge is 0.127 e. The minimum atomic E-state index is -0.121. The molecule has 3 nitrogen and oxygen atoms in total. The summed E-state index contributed by atoms with van der Waals surface area (Å²) < 4.78 is 24.8. The first kappa shape index (κ1) is 13.0. The topological polar surface area (TPSA) is 21.7 Å². The molecule has 1 aromatic rings. The third-order valence-electron chi connectivity index (χ3n) is 4.30. The van der Waals surface area contributed by atoms with Crippen LogP contribution in [0, 0.1) is 11.7 Å². The standard InChI is InChI=1S/C15H20FNO2/c1-18-9-13-6-7-19-15(13)10-17(11-15)8-12-4-2-3-5-14(12)16/h2-5,13H,6-11H2,1H3. The fourth-order valence-corrected chi connectivity index (χ4v) is 3.26. The second-order valence-electron chi connectivity index (χ2n) is 5.59. The zero-order valence-electron chi connectivity index (χ0n) is 11.3. The molecular weight excluding hydrogens is 245 g/mol. The van der Waals surface area contributed by atoms with E-state index in [9.17, 15) is 4.39 Å². The average molecular weight is 265 g/mol. The molecule has 0 saturated carbocycles. The van der Waals surface area contributed by atoms with Gasteiger partial charge in [0.1, 0.15) is 5.82 Å². The van der Waals surface area contributed by atoms with Crippen molar-refractivity contribution < 1.29 is 13.9 Å². The minimum Gasteiger partial charge on any atom is -0.384 e. The van der Waals surface area contributed by atoms with Gasteiger partial charge < -0.3 is 9.47 Å². The summed E-state index contributed by atoms with van der Waals surface area (Å²) in [6, 6.07) is 6.98. The average Bonchev–Trinajstić information content (AvgIpc) is 2.76. The molecule has 0 N–H and O–H groups in total. The van der Waals surface area contributed by atoms with E-state index in [2.05, 4.69) is 4.90 Å². The predicted molar refractivity (Wildman–Crippen MR) is 70.3 cm³/mol. The molecule has 2 aliphatic rings. The lowest BCUT2D eigenvalue weighted by Crippen LogP contribution is -2.64. The highest BCUT2D eigenvalue weighted by atomic mass is 19.1. The normalized spacial score (nSPS) is 25.7. The van der Waals surface area contributed by atoms with Gasteiger partial charge >= 0.3 is 0 Å². The van der Waals surface area contributed by atoms with Crippen LogP contribution in [0.1, 0.15) is 12.0 Å². The van der Waals surface area contributed by atoms with Crippen LogP contribution in [-0.4, -0.2) is 43.9 Å². The number of nitrogens with zero attached hydrogens (tertiary/aromatic N) is 1. The van der Waals surface area contributed by atoms with Crippen molar-refractivity contribution in [1.82, 2.24) is 4.90 Å². The van der Waals surface area contributed by atoms with E-state index in [0.29, 0.717) is 12.5 Å². The molecule has 0 radical (unpaired) electrons. The Bertz CT molecular complexity index is 446. The largest absolute Gasteiger partial charge is 0.384 e. The Hall–Kier alpha value is -0.970. The summed E-state index contributed by atoms with van der Waals surface area (Å²) in [6.07, 6.45) is 1.07. The van der Waals surface area contributed by atoms with Crippen molar-refractivity contribution in [3.63, 3.8) is 0 Å². The number of hydrogen-bond acceptors (Lipinski definition) is 3. The molecule has 104 valence electrons. The zero-order chi connectivity index (χ0) is 13.3. The van der Waals surface area contributed by atoms with Gasteiger partial charge in [-0.25, -0.2) is 4.39 Å². The lowest BCUT2D eigenvalue weighted by Gasteiger charge is -2.50. The molecule has 4 heteroatoms. The summed E-state index contributed by atoms with van der Waals surface area (Å²) >= 11 is 0. The van der Waals surface area contributed by atoms with Crippen molar-refractivity contribution in [1.29, 1.82) is 0 Å². The number of halogens is 1. The van der Waals surface area contributed by atoms with Crippen LogP contribution < -0.4 is 0 Å². The quantitative estimate of drug-likeness (QED) is 0.832. The predicted octanol–water partition coefficient (Wildman–Crippen LogP) is 2.06. The van der Waals surface area contributed by atoms with Gasteiger partial charge in [-0.1, -0.05) is 18.2 Å². The summed E-state index contributed by atoms with van der Waals surface area (Å²) in [5, 5.41) is 0. The Morgan fingerprint density at radius 1 is 1.42 bits per heavy atom. The van der Waals surface area contributed by atoms with Crippen molar-refractivity contribution in [2.75, 3.05) is 33.4 Å². The summed E-state index contributed by atoms with van der Waals surface area (Å²) in [6.45, 7) is 4.01. The molecule has 1 unspecified atom stereocenters. The molecule has 1 aromatic carbocycles. The Labute approximate surface area is 113 Å². The van der Waals surface area contributed by atoms with E-state index in [0.717, 1.165) is 38.3 Å². The third-order valence-corrected chi connectivity index (χ3v) is 4.30. The second-order valence-corrected chi connectivity index (χ2v) is 5.59. The lowest BCUT2D eigenvalue weighted by atomic mass is 9.81. The van der Waals surface area contributed by atoms with Gasteiger partial charge in [0.25, 0.3) is 0 Å². The van der Waals surface area contributed by atoms with Gasteiger partial charge in [-0.2, -0.15) is 0 Å². The molecule has 3 rings (SSSR count). The summed E-state index contributed by atoms with van der Waals surface area (Å²) in [7, 11) is 1.74. The number of rotatable bonds is 4. The highest BCUT2D eigenvalue weighted by Crippen LogP contribution is 2.40. The maximum absolute atomic E-state index is 13.6. The number of ether oxygens (including phenoxy) is 2. The summed E-state index contributed by atoms with van der Waals surface area (Å²) in [5.74, 6) is 0.360. The van der Waals surface area contributed by atoms with Gasteiger partial charge in [0.2, 0.25) is 0 Å². The summed E-state index contributed by atoms with van der Waals surface area (Å²) in [5.41, 5.74) is 0.722. The number of hydrogen-bond donors (Lipinski definition) is 0. The van der Waals surface area contributed by atoms with Crippen molar-refractivity contribution >= 4 is 0 Å². The Kier molecular flexibility index (Phi) is 3.56. The SMILES string of the molecule is COCC1CCOC12CN(Cc1ccccc1F)C2. The van der Waals surface area contributed by atoms with Crippen LogP contribution >= 0.6 is 0 Å². The van der Waals surface area contributed by atoms with E-state index in [1.165, 1.54) is 6.07 Å². The fourth-order valence-electron chi connectivity index (χ4n) is 3.26. The van der Waals surface area contributed by atoms with Crippen molar-refractivity contribution in [2.45, 2.75) is 18.6 Å². The molecule has 0 amide bonds. The second kappa shape index (κ2) is 5.19. The zero-order valence-corrected chi connectivity index (χ0v) is 11.3. The van der Waals surface area contributed by atoms with Gasteiger partial charge in [0.15, 0.2) is 0 Å². The van der Waals surface area contributed by atoms with Gasteiger partial charge in [-0.15, -0.1) is 0 Å². The molecule has 2 heterocycles. The first-order valence-electron chi connectivity index (χ1n) is 6.82. The Morgan fingerprint density at radius 3 is 2.95 bits per heavy atom. The molecule has 0 aromatic heterocycles. The molecule has 1 spiro atoms. The van der Waals surface area contributed by atoms with Crippen LogP contribution in [0.5, 0.6) is 0 Å². The summed E-state index contributed by atoms with van der Waals surface area (Å²) in [4.78, 5) is 2.24. The minimum absolute atomic E-state index is 0.0404. The molecule has 0 aliphatic carbocycles. The fraction of sp³-hybridized carbons (Fsp3) is 0.600. The maximum Gasteiger partial charge on any atom is 0.127 e. The van der Waals surface area contributed by atoms with E-state index < -0.39 is 0 Å². The Morgan fingerprint density at radius 2 is 2.21 bits per heavy atom. The van der Waals surface area contributed by atoms with Crippen molar-refractivity contribution in [3.05, 3.63) is 35.6 Å². The van der Waals surface area contributed by atoms with Gasteiger partial charge in [-0.05, 0) is 12.5 Å². The molecule has 2 aliphatic heterocycles. The van der Waals surface area contributed by atoms with Crippen LogP contribution in [0.25, 0.3) is 0 Å². The Balaban J connectivity index is 1.59. The first-order chi connectivity index (χ1) is 9.23. The molecule has 1 atom stereocenters. The van der Waals surface area contributed by atoms with Crippen LogP contribution in [0.2, 0.25) is 0 Å². The van der Waals surface area contributed by atoms with Gasteiger partial charge in [0.05, 0.1) is 12.2 Å². The van der Waals surface area contributed by atoms with Crippen molar-refractivity contribution in [2.24, 2.45) is 5.92 Å². The van der Waals surface area contributed by atoms with Crippen LogP contribution in [0.4, 0.5) is 4.39 Å². The van der Waals surface area contributed by atoms with Crippen LogP contribution in [-0.2, 0) is 16.0 Å². The van der Waals surface area contributed by atoms with E-state index in [4.69, 9.17) is 9.47 Å². The molecule has 0 bridgehead atoms. The van der Waals surface area contributed by atoms with Crippen LogP contribution in [0.15, 0.2) is 24.3 Å². The third kappa shape index (κ3) is 2.40. The van der Waals surface area contributed by atoms with Gasteiger partial charge in [0, 0.05) is 44.8 Å². The number of likely N-dealkylation sites (tertiary alicyclic amines) is 1. The van der Waals surface area contributed by atoms with E-state index >= 15 is 0 Å². The van der Waals surface area contributed by atoms with Crippen molar-refractivity contribution in [3.8, 4) is 0 Å². The van der Waals surface area contributed by atoms with Gasteiger partial charge in [-0.3, -0.25) is 4.90 Å².